The zero-order chi connectivity index (χ0) is 11.1. The normalized spacial score (nSPS) is 15.2. The molecular formula is C11H14BrNO2. The summed E-state index contributed by atoms with van der Waals surface area (Å²) in [6.07, 6.45) is 0. The van der Waals surface area contributed by atoms with Crippen LogP contribution >= 0.6 is 15.9 Å². The summed E-state index contributed by atoms with van der Waals surface area (Å²) < 4.78 is 11.9. The minimum absolute atomic E-state index is 0.394. The van der Waals surface area contributed by atoms with Gasteiger partial charge in [0.1, 0.15) is 13.2 Å². The molecule has 0 saturated heterocycles. The molecule has 0 atom stereocenters. The van der Waals surface area contributed by atoms with Crippen molar-refractivity contribution in [3.63, 3.8) is 0 Å². The maximum atomic E-state index is 6.06. The van der Waals surface area contributed by atoms with Gasteiger partial charge < -0.3 is 15.2 Å². The van der Waals surface area contributed by atoms with Crippen molar-refractivity contribution in [2.24, 2.45) is 5.73 Å². The molecule has 0 amide bonds. The molecule has 82 valence electrons. The van der Waals surface area contributed by atoms with Gasteiger partial charge in [-0.15, -0.1) is 0 Å². The minimum Gasteiger partial charge on any atom is -0.486 e. The summed E-state index contributed by atoms with van der Waals surface area (Å²) >= 11 is 3.50. The van der Waals surface area contributed by atoms with Gasteiger partial charge in [0.25, 0.3) is 0 Å². The maximum Gasteiger partial charge on any atom is 0.162 e. The smallest absolute Gasteiger partial charge is 0.162 e. The predicted molar refractivity (Wildman–Crippen MR) is 62.3 cm³/mol. The van der Waals surface area contributed by atoms with E-state index >= 15 is 0 Å². The van der Waals surface area contributed by atoms with Crippen LogP contribution in [0.1, 0.15) is 19.4 Å². The molecule has 0 aromatic heterocycles. The van der Waals surface area contributed by atoms with Crippen LogP contribution in [0.4, 0.5) is 0 Å². The molecule has 15 heavy (non-hydrogen) atoms. The van der Waals surface area contributed by atoms with Crippen LogP contribution in [0.2, 0.25) is 0 Å². The molecule has 2 N–H and O–H groups in total. The predicted octanol–water partition coefficient (Wildman–Crippen LogP) is 2.41. The molecule has 1 aromatic rings. The molecule has 1 heterocycles. The van der Waals surface area contributed by atoms with E-state index in [1.54, 1.807) is 0 Å². The molecule has 0 radical (unpaired) electrons. The lowest BCUT2D eigenvalue weighted by Crippen LogP contribution is -2.29. The van der Waals surface area contributed by atoms with E-state index in [9.17, 15) is 0 Å². The zero-order valence-electron chi connectivity index (χ0n) is 8.84. The first-order valence-corrected chi connectivity index (χ1v) is 5.66. The van der Waals surface area contributed by atoms with Gasteiger partial charge in [-0.1, -0.05) is 15.9 Å². The zero-order valence-corrected chi connectivity index (χ0v) is 10.4. The van der Waals surface area contributed by atoms with Gasteiger partial charge in [0, 0.05) is 10.0 Å². The SMILES string of the molecule is CC(C)(N)c1cc2c(cc1Br)OCCO2. The number of nitrogens with two attached hydrogens (primary N) is 1. The molecule has 2 rings (SSSR count). The number of fused-ring (bicyclic) bond motifs is 1. The average molecular weight is 272 g/mol. The first kappa shape index (κ1) is 10.8. The lowest BCUT2D eigenvalue weighted by molar-refractivity contribution is 0.171. The van der Waals surface area contributed by atoms with Gasteiger partial charge in [-0.3, -0.25) is 0 Å². The van der Waals surface area contributed by atoms with Gasteiger partial charge in [-0.2, -0.15) is 0 Å². The number of halogens is 1. The first-order chi connectivity index (χ1) is 6.98. The Kier molecular flexibility index (Phi) is 2.64. The monoisotopic (exact) mass is 271 g/mol. The Balaban J connectivity index is 2.50. The van der Waals surface area contributed by atoms with E-state index in [1.807, 2.05) is 26.0 Å². The number of ether oxygens (including phenoxy) is 2. The van der Waals surface area contributed by atoms with E-state index in [1.165, 1.54) is 0 Å². The van der Waals surface area contributed by atoms with Crippen LogP contribution in [-0.2, 0) is 5.54 Å². The van der Waals surface area contributed by atoms with Gasteiger partial charge >= 0.3 is 0 Å². The molecule has 0 bridgehead atoms. The summed E-state index contributed by atoms with van der Waals surface area (Å²) in [7, 11) is 0. The minimum atomic E-state index is -0.394. The fraction of sp³-hybridized carbons (Fsp3) is 0.455. The third-order valence-corrected chi connectivity index (χ3v) is 2.98. The van der Waals surface area contributed by atoms with Crippen LogP contribution in [0.3, 0.4) is 0 Å². The lowest BCUT2D eigenvalue weighted by atomic mass is 9.95. The highest BCUT2D eigenvalue weighted by molar-refractivity contribution is 9.10. The van der Waals surface area contributed by atoms with Crippen molar-refractivity contribution in [2.75, 3.05) is 13.2 Å². The molecule has 0 saturated carbocycles. The molecular weight excluding hydrogens is 258 g/mol. The first-order valence-electron chi connectivity index (χ1n) is 4.87. The number of benzene rings is 1. The van der Waals surface area contributed by atoms with Crippen molar-refractivity contribution >= 4 is 15.9 Å². The summed E-state index contributed by atoms with van der Waals surface area (Å²) in [5.41, 5.74) is 6.69. The van der Waals surface area contributed by atoms with Gasteiger partial charge in [0.2, 0.25) is 0 Å². The highest BCUT2D eigenvalue weighted by Crippen LogP contribution is 2.38. The third-order valence-electron chi connectivity index (χ3n) is 2.33. The number of hydrogen-bond acceptors (Lipinski definition) is 3. The van der Waals surface area contributed by atoms with Crippen molar-refractivity contribution in [1.82, 2.24) is 0 Å². The molecule has 3 nitrogen and oxygen atoms in total. The molecule has 0 fully saturated rings. The Labute approximate surface area is 97.7 Å². The summed E-state index contributed by atoms with van der Waals surface area (Å²) in [5, 5.41) is 0. The van der Waals surface area contributed by atoms with Crippen LogP contribution in [-0.4, -0.2) is 13.2 Å². The third kappa shape index (κ3) is 2.11. The second kappa shape index (κ2) is 3.68. The Morgan fingerprint density at radius 3 is 2.27 bits per heavy atom. The van der Waals surface area contributed by atoms with Gasteiger partial charge in [-0.25, -0.2) is 0 Å². The Bertz CT molecular complexity index is 385. The Hall–Kier alpha value is -0.740. The summed E-state index contributed by atoms with van der Waals surface area (Å²) in [5.74, 6) is 1.55. The number of rotatable bonds is 1. The second-order valence-corrected chi connectivity index (χ2v) is 5.05. The van der Waals surface area contributed by atoms with Gasteiger partial charge in [0.05, 0.1) is 0 Å². The van der Waals surface area contributed by atoms with Crippen molar-refractivity contribution in [1.29, 1.82) is 0 Å². The molecule has 0 aliphatic carbocycles. The molecule has 4 heteroatoms. The fourth-order valence-electron chi connectivity index (χ4n) is 1.56. The van der Waals surface area contributed by atoms with E-state index < -0.39 is 5.54 Å². The van der Waals surface area contributed by atoms with Crippen LogP contribution < -0.4 is 15.2 Å². The van der Waals surface area contributed by atoms with Crippen molar-refractivity contribution in [3.05, 3.63) is 22.2 Å². The van der Waals surface area contributed by atoms with Gasteiger partial charge in [-0.05, 0) is 31.5 Å². The molecule has 1 aliphatic heterocycles. The van der Waals surface area contributed by atoms with Crippen molar-refractivity contribution in [3.8, 4) is 11.5 Å². The second-order valence-electron chi connectivity index (χ2n) is 4.20. The lowest BCUT2D eigenvalue weighted by Gasteiger charge is -2.25. The molecule has 0 unspecified atom stereocenters. The summed E-state index contributed by atoms with van der Waals surface area (Å²) in [6.45, 7) is 5.12. The highest BCUT2D eigenvalue weighted by Gasteiger charge is 2.22. The van der Waals surface area contributed by atoms with Gasteiger partial charge in [0.15, 0.2) is 11.5 Å². The maximum absolute atomic E-state index is 6.06. The van der Waals surface area contributed by atoms with Crippen LogP contribution in [0.5, 0.6) is 11.5 Å². The number of hydrogen-bond donors (Lipinski definition) is 1. The van der Waals surface area contributed by atoms with E-state index in [-0.39, 0.29) is 0 Å². The quantitative estimate of drug-likeness (QED) is 0.853. The van der Waals surface area contributed by atoms with E-state index in [0.717, 1.165) is 21.5 Å². The Morgan fingerprint density at radius 1 is 1.20 bits per heavy atom. The van der Waals surface area contributed by atoms with Crippen molar-refractivity contribution in [2.45, 2.75) is 19.4 Å². The van der Waals surface area contributed by atoms with Crippen LogP contribution in [0.25, 0.3) is 0 Å². The van der Waals surface area contributed by atoms with E-state index in [4.69, 9.17) is 15.2 Å². The summed E-state index contributed by atoms with van der Waals surface area (Å²) in [6, 6.07) is 3.86. The van der Waals surface area contributed by atoms with Crippen LogP contribution in [0, 0.1) is 0 Å². The highest BCUT2D eigenvalue weighted by atomic mass is 79.9. The topological polar surface area (TPSA) is 44.5 Å². The standard InChI is InChI=1S/C11H14BrNO2/c1-11(2,13)7-5-9-10(6-8(7)12)15-4-3-14-9/h5-6H,3-4,13H2,1-2H3. The Morgan fingerprint density at radius 2 is 1.73 bits per heavy atom. The molecule has 0 spiro atoms. The van der Waals surface area contributed by atoms with E-state index in [2.05, 4.69) is 15.9 Å². The largest absolute Gasteiger partial charge is 0.486 e. The van der Waals surface area contributed by atoms with E-state index in [0.29, 0.717) is 13.2 Å². The van der Waals surface area contributed by atoms with Crippen molar-refractivity contribution < 1.29 is 9.47 Å². The molecule has 1 aliphatic rings. The fourth-order valence-corrected chi connectivity index (χ4v) is 2.39. The molecule has 1 aromatic carbocycles. The average Bonchev–Trinajstić information content (AvgIpc) is 2.15. The van der Waals surface area contributed by atoms with Crippen LogP contribution in [0.15, 0.2) is 16.6 Å². The summed E-state index contributed by atoms with van der Waals surface area (Å²) in [4.78, 5) is 0.